The molecule has 0 atom stereocenters. The standard InChI is InChI=1S/C18H23N/c1-13(2)17-5-7-18(8-6-17)19-12-16-10-14(3)9-15(4)11-16/h5-11,13,19H,12H2,1-4H3. The number of aryl methyl sites for hydroxylation is 2. The van der Waals surface area contributed by atoms with Crippen LogP contribution in [0, 0.1) is 13.8 Å². The van der Waals surface area contributed by atoms with Crippen molar-refractivity contribution in [2.75, 3.05) is 5.32 Å². The first-order chi connectivity index (χ1) is 9.04. The molecule has 1 heteroatoms. The van der Waals surface area contributed by atoms with Gasteiger partial charge in [-0.15, -0.1) is 0 Å². The molecule has 19 heavy (non-hydrogen) atoms. The minimum atomic E-state index is 0.591. The summed E-state index contributed by atoms with van der Waals surface area (Å²) < 4.78 is 0. The smallest absolute Gasteiger partial charge is 0.0400 e. The maximum Gasteiger partial charge on any atom is 0.0400 e. The van der Waals surface area contributed by atoms with E-state index in [0.29, 0.717) is 5.92 Å². The topological polar surface area (TPSA) is 12.0 Å². The van der Waals surface area contributed by atoms with Crippen LogP contribution in [0.3, 0.4) is 0 Å². The van der Waals surface area contributed by atoms with Crippen molar-refractivity contribution >= 4 is 5.69 Å². The first kappa shape index (κ1) is 13.7. The first-order valence-corrected chi connectivity index (χ1v) is 6.95. The molecule has 0 saturated heterocycles. The van der Waals surface area contributed by atoms with Crippen LogP contribution >= 0.6 is 0 Å². The second kappa shape index (κ2) is 5.92. The molecule has 0 aromatic heterocycles. The predicted molar refractivity (Wildman–Crippen MR) is 83.8 cm³/mol. The van der Waals surface area contributed by atoms with Gasteiger partial charge in [-0.3, -0.25) is 0 Å². The SMILES string of the molecule is Cc1cc(C)cc(CNc2ccc(C(C)C)cc2)c1. The number of hydrogen-bond donors (Lipinski definition) is 1. The number of nitrogens with one attached hydrogen (secondary N) is 1. The lowest BCUT2D eigenvalue weighted by Gasteiger charge is -2.10. The Morgan fingerprint density at radius 3 is 2.00 bits per heavy atom. The zero-order chi connectivity index (χ0) is 13.8. The van der Waals surface area contributed by atoms with E-state index in [4.69, 9.17) is 0 Å². The third-order valence-electron chi connectivity index (χ3n) is 3.36. The summed E-state index contributed by atoms with van der Waals surface area (Å²) in [6.07, 6.45) is 0. The van der Waals surface area contributed by atoms with E-state index < -0.39 is 0 Å². The molecule has 0 aliphatic rings. The van der Waals surface area contributed by atoms with Crippen LogP contribution in [-0.4, -0.2) is 0 Å². The van der Waals surface area contributed by atoms with Crippen molar-refractivity contribution in [3.8, 4) is 0 Å². The van der Waals surface area contributed by atoms with Gasteiger partial charge in [-0.1, -0.05) is 55.3 Å². The van der Waals surface area contributed by atoms with Crippen molar-refractivity contribution in [2.24, 2.45) is 0 Å². The van der Waals surface area contributed by atoms with Crippen LogP contribution in [-0.2, 0) is 6.54 Å². The molecular weight excluding hydrogens is 230 g/mol. The lowest BCUT2D eigenvalue weighted by molar-refractivity contribution is 0.867. The fraction of sp³-hybridized carbons (Fsp3) is 0.333. The monoisotopic (exact) mass is 253 g/mol. The van der Waals surface area contributed by atoms with E-state index in [1.807, 2.05) is 0 Å². The molecule has 0 spiro atoms. The molecule has 0 bridgehead atoms. The summed E-state index contributed by atoms with van der Waals surface area (Å²) in [6, 6.07) is 15.4. The highest BCUT2D eigenvalue weighted by Crippen LogP contribution is 2.18. The average molecular weight is 253 g/mol. The Morgan fingerprint density at radius 1 is 0.895 bits per heavy atom. The molecule has 1 N–H and O–H groups in total. The Morgan fingerprint density at radius 2 is 1.47 bits per heavy atom. The summed E-state index contributed by atoms with van der Waals surface area (Å²) in [5, 5.41) is 3.48. The Kier molecular flexibility index (Phi) is 4.26. The van der Waals surface area contributed by atoms with Gasteiger partial charge in [-0.25, -0.2) is 0 Å². The molecule has 0 fully saturated rings. The molecule has 0 radical (unpaired) electrons. The molecule has 1 nitrogen and oxygen atoms in total. The van der Waals surface area contributed by atoms with Crippen LogP contribution in [0.4, 0.5) is 5.69 Å². The molecule has 2 aromatic carbocycles. The van der Waals surface area contributed by atoms with Gasteiger partial charge in [0.1, 0.15) is 0 Å². The molecule has 0 heterocycles. The number of hydrogen-bond acceptors (Lipinski definition) is 1. The van der Waals surface area contributed by atoms with E-state index in [1.165, 1.54) is 27.9 Å². The Bertz CT molecular complexity index is 518. The van der Waals surface area contributed by atoms with Crippen LogP contribution in [0.25, 0.3) is 0 Å². The van der Waals surface area contributed by atoms with Gasteiger partial charge in [0.25, 0.3) is 0 Å². The highest BCUT2D eigenvalue weighted by atomic mass is 14.9. The van der Waals surface area contributed by atoms with E-state index >= 15 is 0 Å². The van der Waals surface area contributed by atoms with Crippen LogP contribution in [0.5, 0.6) is 0 Å². The molecule has 0 aliphatic carbocycles. The zero-order valence-corrected chi connectivity index (χ0v) is 12.3. The van der Waals surface area contributed by atoms with E-state index in [-0.39, 0.29) is 0 Å². The molecule has 0 unspecified atom stereocenters. The van der Waals surface area contributed by atoms with E-state index in [0.717, 1.165) is 6.54 Å². The fourth-order valence-corrected chi connectivity index (χ4v) is 2.36. The van der Waals surface area contributed by atoms with Crippen molar-refractivity contribution in [1.29, 1.82) is 0 Å². The third kappa shape index (κ3) is 3.85. The second-order valence-corrected chi connectivity index (χ2v) is 5.63. The molecular formula is C18H23N. The van der Waals surface area contributed by atoms with E-state index in [1.54, 1.807) is 0 Å². The molecule has 2 aromatic rings. The number of rotatable bonds is 4. The minimum Gasteiger partial charge on any atom is -0.381 e. The summed E-state index contributed by atoms with van der Waals surface area (Å²) >= 11 is 0. The van der Waals surface area contributed by atoms with Crippen molar-refractivity contribution in [1.82, 2.24) is 0 Å². The van der Waals surface area contributed by atoms with Crippen molar-refractivity contribution < 1.29 is 0 Å². The average Bonchev–Trinajstić information content (AvgIpc) is 2.36. The minimum absolute atomic E-state index is 0.591. The molecule has 0 amide bonds. The number of benzene rings is 2. The lowest BCUT2D eigenvalue weighted by atomic mass is 10.0. The Hall–Kier alpha value is -1.76. The van der Waals surface area contributed by atoms with Gasteiger partial charge in [-0.2, -0.15) is 0 Å². The summed E-state index contributed by atoms with van der Waals surface area (Å²) in [4.78, 5) is 0. The van der Waals surface area contributed by atoms with Crippen LogP contribution in [0.1, 0.15) is 42.0 Å². The number of anilines is 1. The fourth-order valence-electron chi connectivity index (χ4n) is 2.36. The Balaban J connectivity index is 2.02. The highest BCUT2D eigenvalue weighted by Gasteiger charge is 2.00. The van der Waals surface area contributed by atoms with Gasteiger partial charge >= 0.3 is 0 Å². The third-order valence-corrected chi connectivity index (χ3v) is 3.36. The van der Waals surface area contributed by atoms with Crippen molar-refractivity contribution in [3.05, 3.63) is 64.7 Å². The van der Waals surface area contributed by atoms with Crippen LogP contribution in [0.2, 0.25) is 0 Å². The predicted octanol–water partition coefficient (Wildman–Crippen LogP) is 5.04. The van der Waals surface area contributed by atoms with Crippen LogP contribution < -0.4 is 5.32 Å². The summed E-state index contributed by atoms with van der Waals surface area (Å²) in [5.41, 5.74) is 6.56. The Labute approximate surface area is 116 Å². The maximum atomic E-state index is 3.48. The van der Waals surface area contributed by atoms with Gasteiger partial charge in [0, 0.05) is 12.2 Å². The zero-order valence-electron chi connectivity index (χ0n) is 12.3. The molecule has 100 valence electrons. The lowest BCUT2D eigenvalue weighted by Crippen LogP contribution is -2.00. The van der Waals surface area contributed by atoms with E-state index in [2.05, 4.69) is 75.5 Å². The molecule has 2 rings (SSSR count). The van der Waals surface area contributed by atoms with E-state index in [9.17, 15) is 0 Å². The summed E-state index contributed by atoms with van der Waals surface area (Å²) in [7, 11) is 0. The normalized spacial score (nSPS) is 10.8. The summed E-state index contributed by atoms with van der Waals surface area (Å²) in [6.45, 7) is 9.61. The molecule has 0 aliphatic heterocycles. The van der Waals surface area contributed by atoms with Crippen molar-refractivity contribution in [2.45, 2.75) is 40.2 Å². The largest absolute Gasteiger partial charge is 0.381 e. The van der Waals surface area contributed by atoms with Gasteiger partial charge in [-0.05, 0) is 43.0 Å². The van der Waals surface area contributed by atoms with Gasteiger partial charge in [0.05, 0.1) is 0 Å². The van der Waals surface area contributed by atoms with Crippen LogP contribution in [0.15, 0.2) is 42.5 Å². The van der Waals surface area contributed by atoms with Crippen molar-refractivity contribution in [3.63, 3.8) is 0 Å². The van der Waals surface area contributed by atoms with Gasteiger partial charge < -0.3 is 5.32 Å². The summed E-state index contributed by atoms with van der Waals surface area (Å²) in [5.74, 6) is 0.591. The highest BCUT2D eigenvalue weighted by molar-refractivity contribution is 5.46. The quantitative estimate of drug-likeness (QED) is 0.805. The maximum absolute atomic E-state index is 3.48. The van der Waals surface area contributed by atoms with Gasteiger partial charge in [0.15, 0.2) is 0 Å². The first-order valence-electron chi connectivity index (χ1n) is 6.95. The second-order valence-electron chi connectivity index (χ2n) is 5.63. The van der Waals surface area contributed by atoms with Gasteiger partial charge in [0.2, 0.25) is 0 Å². The molecule has 0 saturated carbocycles.